The average Bonchev–Trinajstić information content (AvgIpc) is 2.79. The van der Waals surface area contributed by atoms with E-state index in [0.29, 0.717) is 6.61 Å². The second kappa shape index (κ2) is 10.3. The van der Waals surface area contributed by atoms with Crippen molar-refractivity contribution in [2.45, 2.75) is 70.8 Å². The fraction of sp³-hybridized carbons (Fsp3) is 0.400. The highest BCUT2D eigenvalue weighted by Gasteiger charge is 2.52. The zero-order valence-corrected chi connectivity index (χ0v) is 24.3. The Labute approximate surface area is 209 Å². The molecular formula is C30H42O2Si2. The molecule has 0 amide bonds. The van der Waals surface area contributed by atoms with E-state index in [1.165, 1.54) is 15.9 Å². The molecule has 182 valence electrons. The van der Waals surface area contributed by atoms with Crippen LogP contribution in [-0.4, -0.2) is 23.2 Å². The molecule has 0 aromatic heterocycles. The van der Waals surface area contributed by atoms with Crippen LogP contribution in [0.4, 0.5) is 0 Å². The lowest BCUT2D eigenvalue weighted by Gasteiger charge is -2.46. The van der Waals surface area contributed by atoms with Crippen LogP contribution in [0.1, 0.15) is 53.2 Å². The van der Waals surface area contributed by atoms with Crippen molar-refractivity contribution in [3.8, 4) is 0 Å². The van der Waals surface area contributed by atoms with Crippen LogP contribution < -0.4 is 10.4 Å². The Morgan fingerprint density at radius 2 is 1.03 bits per heavy atom. The predicted molar refractivity (Wildman–Crippen MR) is 151 cm³/mol. The van der Waals surface area contributed by atoms with Gasteiger partial charge >= 0.3 is 0 Å². The van der Waals surface area contributed by atoms with E-state index >= 15 is 0 Å². The summed E-state index contributed by atoms with van der Waals surface area (Å²) in [6.07, 6.45) is -0.151. The van der Waals surface area contributed by atoms with Gasteiger partial charge in [-0.05, 0) is 39.1 Å². The summed E-state index contributed by atoms with van der Waals surface area (Å²) in [5.74, 6) is 0. The second-order valence-corrected chi connectivity index (χ2v) is 20.8. The van der Waals surface area contributed by atoms with Gasteiger partial charge in [-0.15, -0.1) is 0 Å². The van der Waals surface area contributed by atoms with E-state index in [-0.39, 0.29) is 16.2 Å². The molecule has 0 N–H and O–H groups in total. The molecule has 0 aliphatic heterocycles. The Morgan fingerprint density at radius 1 is 0.618 bits per heavy atom. The molecule has 34 heavy (non-hydrogen) atoms. The summed E-state index contributed by atoms with van der Waals surface area (Å²) in [7, 11) is -4.65. The van der Waals surface area contributed by atoms with Crippen molar-refractivity contribution in [2.75, 3.05) is 6.61 Å². The fourth-order valence-corrected chi connectivity index (χ4v) is 9.92. The maximum atomic E-state index is 7.51. The third-order valence-corrected chi connectivity index (χ3v) is 16.9. The lowest BCUT2D eigenvalue weighted by Crippen LogP contribution is -2.67. The van der Waals surface area contributed by atoms with E-state index in [2.05, 4.69) is 146 Å². The molecule has 0 saturated carbocycles. The summed E-state index contributed by atoms with van der Waals surface area (Å²) < 4.78 is 14.3. The van der Waals surface area contributed by atoms with Gasteiger partial charge in [-0.2, -0.15) is 0 Å². The monoisotopic (exact) mass is 490 g/mol. The Balaban J connectivity index is 2.15. The molecule has 3 rings (SSSR count). The van der Waals surface area contributed by atoms with Crippen molar-refractivity contribution in [2.24, 2.45) is 0 Å². The highest BCUT2D eigenvalue weighted by molar-refractivity contribution is 6.99. The standard InChI is InChI=1S/C30H42O2Si2/c1-29(2,3)33(7,8)31-24-28(25-18-12-9-13-19-25)32-34(30(4,5)6,26-20-14-10-15-21-26)27-22-16-11-17-23-27/h9-23,28H,24H2,1-8H3/t28-/m1/s1. The quantitative estimate of drug-likeness (QED) is 0.308. The normalized spacial score (nSPS) is 14.1. The molecule has 0 heterocycles. The van der Waals surface area contributed by atoms with E-state index in [4.69, 9.17) is 8.85 Å². The van der Waals surface area contributed by atoms with Crippen LogP contribution in [-0.2, 0) is 8.85 Å². The van der Waals surface area contributed by atoms with E-state index < -0.39 is 16.6 Å². The van der Waals surface area contributed by atoms with Gasteiger partial charge in [0.25, 0.3) is 8.32 Å². The summed E-state index contributed by atoms with van der Waals surface area (Å²) >= 11 is 0. The molecule has 0 saturated heterocycles. The molecule has 0 aliphatic rings. The number of benzene rings is 3. The molecule has 0 bridgehead atoms. The molecule has 3 aromatic rings. The third-order valence-electron chi connectivity index (χ3n) is 7.31. The topological polar surface area (TPSA) is 18.5 Å². The first kappa shape index (κ1) is 26.6. The summed E-state index contributed by atoms with van der Waals surface area (Å²) in [4.78, 5) is 0. The van der Waals surface area contributed by atoms with Crippen LogP contribution in [0.25, 0.3) is 0 Å². The van der Waals surface area contributed by atoms with Gasteiger partial charge in [-0.1, -0.05) is 133 Å². The first-order valence-corrected chi connectivity index (χ1v) is 17.2. The SMILES string of the molecule is CC(C)(C)[Si](C)(C)OC[C@@H](O[Si](c1ccccc1)(c1ccccc1)C(C)(C)C)c1ccccc1. The molecule has 3 aromatic carbocycles. The average molecular weight is 491 g/mol. The maximum Gasteiger partial charge on any atom is 0.262 e. The van der Waals surface area contributed by atoms with Crippen LogP contribution in [0.15, 0.2) is 91.0 Å². The maximum absolute atomic E-state index is 7.51. The molecule has 1 atom stereocenters. The number of hydrogen-bond acceptors (Lipinski definition) is 2. The van der Waals surface area contributed by atoms with Crippen LogP contribution in [0.5, 0.6) is 0 Å². The zero-order chi connectivity index (χ0) is 25.0. The van der Waals surface area contributed by atoms with E-state index in [9.17, 15) is 0 Å². The second-order valence-electron chi connectivity index (χ2n) is 11.8. The van der Waals surface area contributed by atoms with Gasteiger partial charge in [0.15, 0.2) is 8.32 Å². The minimum absolute atomic E-state index is 0.0836. The first-order chi connectivity index (χ1) is 15.9. The summed E-state index contributed by atoms with van der Waals surface area (Å²) in [5, 5.41) is 2.65. The lowest BCUT2D eigenvalue weighted by molar-refractivity contribution is 0.112. The predicted octanol–water partition coefficient (Wildman–Crippen LogP) is 7.33. The van der Waals surface area contributed by atoms with Gasteiger partial charge < -0.3 is 8.85 Å². The van der Waals surface area contributed by atoms with E-state index in [1.807, 2.05) is 0 Å². The Morgan fingerprint density at radius 3 is 1.41 bits per heavy atom. The highest BCUT2D eigenvalue weighted by Crippen LogP contribution is 2.41. The molecule has 0 aliphatic carbocycles. The summed E-state index contributed by atoms with van der Waals surface area (Å²) in [5.41, 5.74) is 1.18. The van der Waals surface area contributed by atoms with Gasteiger partial charge in [0.1, 0.15) is 0 Å². The Kier molecular flexibility index (Phi) is 8.08. The Hall–Kier alpha value is -1.99. The molecular weight excluding hydrogens is 449 g/mol. The van der Waals surface area contributed by atoms with E-state index in [0.717, 1.165) is 0 Å². The van der Waals surface area contributed by atoms with Crippen molar-refractivity contribution in [3.05, 3.63) is 96.6 Å². The minimum Gasteiger partial charge on any atom is -0.414 e. The molecule has 4 heteroatoms. The Bertz CT molecular complexity index is 981. The smallest absolute Gasteiger partial charge is 0.262 e. The zero-order valence-electron chi connectivity index (χ0n) is 22.3. The van der Waals surface area contributed by atoms with Crippen molar-refractivity contribution in [3.63, 3.8) is 0 Å². The molecule has 0 fully saturated rings. The molecule has 0 unspecified atom stereocenters. The van der Waals surface area contributed by atoms with Gasteiger partial charge in [0.2, 0.25) is 0 Å². The van der Waals surface area contributed by atoms with Crippen molar-refractivity contribution in [1.82, 2.24) is 0 Å². The van der Waals surface area contributed by atoms with Gasteiger partial charge in [-0.3, -0.25) is 0 Å². The summed E-state index contributed by atoms with van der Waals surface area (Å²) in [6.45, 7) is 19.1. The van der Waals surface area contributed by atoms with Gasteiger partial charge in [0, 0.05) is 0 Å². The van der Waals surface area contributed by atoms with Crippen LogP contribution in [0.3, 0.4) is 0 Å². The molecule has 0 spiro atoms. The molecule has 2 nitrogen and oxygen atoms in total. The minimum atomic E-state index is -2.70. The third kappa shape index (κ3) is 5.63. The van der Waals surface area contributed by atoms with E-state index in [1.54, 1.807) is 0 Å². The van der Waals surface area contributed by atoms with Crippen molar-refractivity contribution < 1.29 is 8.85 Å². The van der Waals surface area contributed by atoms with Crippen LogP contribution in [0.2, 0.25) is 23.2 Å². The first-order valence-electron chi connectivity index (χ1n) is 12.4. The number of hydrogen-bond donors (Lipinski definition) is 0. The van der Waals surface area contributed by atoms with Crippen molar-refractivity contribution >= 4 is 27.0 Å². The largest absolute Gasteiger partial charge is 0.414 e. The lowest BCUT2D eigenvalue weighted by atomic mass is 10.1. The number of rotatable bonds is 8. The highest BCUT2D eigenvalue weighted by atomic mass is 28.4. The summed E-state index contributed by atoms with van der Waals surface area (Å²) in [6, 6.07) is 32.4. The van der Waals surface area contributed by atoms with Gasteiger partial charge in [-0.25, -0.2) is 0 Å². The molecule has 0 radical (unpaired) electrons. The van der Waals surface area contributed by atoms with Crippen molar-refractivity contribution in [1.29, 1.82) is 0 Å². The van der Waals surface area contributed by atoms with Crippen LogP contribution >= 0.6 is 0 Å². The fourth-order valence-electron chi connectivity index (χ4n) is 4.27. The van der Waals surface area contributed by atoms with Gasteiger partial charge in [0.05, 0.1) is 12.7 Å². The van der Waals surface area contributed by atoms with Crippen LogP contribution in [0, 0.1) is 0 Å².